The maximum absolute atomic E-state index is 5.87. The Kier molecular flexibility index (Phi) is 4.38. The number of rotatable bonds is 5. The Hall–Kier alpha value is -1.00. The summed E-state index contributed by atoms with van der Waals surface area (Å²) in [6.07, 6.45) is 5.45. The summed E-state index contributed by atoms with van der Waals surface area (Å²) >= 11 is 0. The largest absolute Gasteiger partial charge is 0.371 e. The van der Waals surface area contributed by atoms with Gasteiger partial charge in [-0.25, -0.2) is 9.97 Å². The predicted octanol–water partition coefficient (Wildman–Crippen LogP) is 1.64. The van der Waals surface area contributed by atoms with E-state index < -0.39 is 5.60 Å². The number of hydrogen-bond donors (Lipinski definition) is 1. The standard InChI is InChI=1S/C12H21N3O/c1-5-10(13)6-9-7-14-11(15-8-9)12(2,3)16-4/h7-8,10H,5-6,13H2,1-4H3. The molecule has 0 aliphatic carbocycles. The quantitative estimate of drug-likeness (QED) is 0.824. The number of hydrogen-bond acceptors (Lipinski definition) is 4. The average Bonchev–Trinajstić information content (AvgIpc) is 2.29. The fourth-order valence-electron chi connectivity index (χ4n) is 1.31. The first-order valence-corrected chi connectivity index (χ1v) is 5.61. The summed E-state index contributed by atoms with van der Waals surface area (Å²) in [7, 11) is 1.66. The van der Waals surface area contributed by atoms with E-state index in [1.165, 1.54) is 0 Å². The van der Waals surface area contributed by atoms with Gasteiger partial charge in [0, 0.05) is 25.5 Å². The lowest BCUT2D eigenvalue weighted by Gasteiger charge is -2.20. The number of ether oxygens (including phenoxy) is 1. The van der Waals surface area contributed by atoms with Gasteiger partial charge in [0.15, 0.2) is 5.82 Å². The predicted molar refractivity (Wildman–Crippen MR) is 64.0 cm³/mol. The fraction of sp³-hybridized carbons (Fsp3) is 0.667. The highest BCUT2D eigenvalue weighted by atomic mass is 16.5. The van der Waals surface area contributed by atoms with E-state index in [0.717, 1.165) is 18.4 Å². The zero-order valence-electron chi connectivity index (χ0n) is 10.5. The van der Waals surface area contributed by atoms with Gasteiger partial charge in [0.25, 0.3) is 0 Å². The highest BCUT2D eigenvalue weighted by Gasteiger charge is 2.22. The SMILES string of the molecule is CCC(N)Cc1cnc(C(C)(C)OC)nc1. The lowest BCUT2D eigenvalue weighted by atomic mass is 10.1. The molecule has 1 aromatic heterocycles. The topological polar surface area (TPSA) is 61.0 Å². The number of nitrogens with zero attached hydrogens (tertiary/aromatic N) is 2. The molecule has 0 spiro atoms. The molecule has 1 unspecified atom stereocenters. The molecule has 1 atom stereocenters. The van der Waals surface area contributed by atoms with Gasteiger partial charge < -0.3 is 10.5 Å². The number of aromatic nitrogens is 2. The second kappa shape index (κ2) is 5.37. The second-order valence-corrected chi connectivity index (χ2v) is 4.50. The van der Waals surface area contributed by atoms with Crippen molar-refractivity contribution in [3.63, 3.8) is 0 Å². The summed E-state index contributed by atoms with van der Waals surface area (Å²) in [6, 6.07) is 0.185. The van der Waals surface area contributed by atoms with E-state index >= 15 is 0 Å². The molecule has 0 saturated carbocycles. The van der Waals surface area contributed by atoms with Gasteiger partial charge in [0.05, 0.1) is 0 Å². The molecule has 4 heteroatoms. The van der Waals surface area contributed by atoms with E-state index in [9.17, 15) is 0 Å². The van der Waals surface area contributed by atoms with Gasteiger partial charge in [-0.15, -0.1) is 0 Å². The van der Waals surface area contributed by atoms with Gasteiger partial charge in [-0.2, -0.15) is 0 Å². The molecule has 0 aliphatic rings. The highest BCUT2D eigenvalue weighted by Crippen LogP contribution is 2.19. The Labute approximate surface area is 97.2 Å². The van der Waals surface area contributed by atoms with Crippen LogP contribution in [0.2, 0.25) is 0 Å². The summed E-state index contributed by atoms with van der Waals surface area (Å²) in [5, 5.41) is 0. The molecule has 1 heterocycles. The van der Waals surface area contributed by atoms with Crippen LogP contribution in [-0.2, 0) is 16.8 Å². The van der Waals surface area contributed by atoms with Crippen molar-refractivity contribution in [1.82, 2.24) is 9.97 Å². The maximum Gasteiger partial charge on any atom is 0.159 e. The molecule has 1 rings (SSSR count). The average molecular weight is 223 g/mol. The van der Waals surface area contributed by atoms with Crippen molar-refractivity contribution in [3.8, 4) is 0 Å². The molecule has 0 aromatic carbocycles. The van der Waals surface area contributed by atoms with Crippen molar-refractivity contribution in [2.45, 2.75) is 45.3 Å². The normalized spacial score (nSPS) is 13.8. The molecule has 0 saturated heterocycles. The molecule has 2 N–H and O–H groups in total. The Bertz CT molecular complexity index is 322. The van der Waals surface area contributed by atoms with Crippen LogP contribution in [0.1, 0.15) is 38.6 Å². The Morgan fingerprint density at radius 2 is 1.94 bits per heavy atom. The van der Waals surface area contributed by atoms with Crippen LogP contribution in [0.4, 0.5) is 0 Å². The van der Waals surface area contributed by atoms with Gasteiger partial charge in [-0.05, 0) is 32.3 Å². The number of nitrogens with two attached hydrogens (primary N) is 1. The minimum absolute atomic E-state index is 0.185. The molecule has 0 fully saturated rings. The first-order chi connectivity index (χ1) is 7.49. The summed E-state index contributed by atoms with van der Waals surface area (Å²) in [5.74, 6) is 0.698. The van der Waals surface area contributed by atoms with Crippen LogP contribution >= 0.6 is 0 Å². The monoisotopic (exact) mass is 223 g/mol. The molecule has 16 heavy (non-hydrogen) atoms. The van der Waals surface area contributed by atoms with Crippen LogP contribution in [0, 0.1) is 0 Å². The van der Waals surface area contributed by atoms with E-state index in [2.05, 4.69) is 16.9 Å². The van der Waals surface area contributed by atoms with Crippen LogP contribution < -0.4 is 5.73 Å². The minimum atomic E-state index is -0.439. The van der Waals surface area contributed by atoms with E-state index in [1.807, 2.05) is 26.2 Å². The third-order valence-corrected chi connectivity index (χ3v) is 2.78. The lowest BCUT2D eigenvalue weighted by Crippen LogP contribution is -2.24. The molecule has 0 bridgehead atoms. The van der Waals surface area contributed by atoms with Crippen LogP contribution in [-0.4, -0.2) is 23.1 Å². The first kappa shape index (κ1) is 13.1. The molecule has 0 radical (unpaired) electrons. The van der Waals surface area contributed by atoms with Crippen molar-refractivity contribution < 1.29 is 4.74 Å². The molecular weight excluding hydrogens is 202 g/mol. The van der Waals surface area contributed by atoms with Crippen molar-refractivity contribution in [1.29, 1.82) is 0 Å². The van der Waals surface area contributed by atoms with Crippen LogP contribution in [0.3, 0.4) is 0 Å². The van der Waals surface area contributed by atoms with Crippen molar-refractivity contribution in [2.75, 3.05) is 7.11 Å². The Morgan fingerprint density at radius 1 is 1.38 bits per heavy atom. The second-order valence-electron chi connectivity index (χ2n) is 4.50. The summed E-state index contributed by atoms with van der Waals surface area (Å²) in [4.78, 5) is 8.63. The van der Waals surface area contributed by atoms with Gasteiger partial charge in [0.1, 0.15) is 5.60 Å². The summed E-state index contributed by atoms with van der Waals surface area (Å²) in [5.41, 5.74) is 6.51. The first-order valence-electron chi connectivity index (χ1n) is 5.61. The zero-order valence-corrected chi connectivity index (χ0v) is 10.5. The molecule has 0 aliphatic heterocycles. The number of methoxy groups -OCH3 is 1. The lowest BCUT2D eigenvalue weighted by molar-refractivity contribution is 0.0114. The maximum atomic E-state index is 5.87. The molecular formula is C12H21N3O. The fourth-order valence-corrected chi connectivity index (χ4v) is 1.31. The Morgan fingerprint density at radius 3 is 2.38 bits per heavy atom. The zero-order chi connectivity index (χ0) is 12.2. The van der Waals surface area contributed by atoms with Crippen LogP contribution in [0.25, 0.3) is 0 Å². The van der Waals surface area contributed by atoms with Crippen molar-refractivity contribution in [2.24, 2.45) is 5.73 Å². The highest BCUT2D eigenvalue weighted by molar-refractivity contribution is 5.09. The summed E-state index contributed by atoms with van der Waals surface area (Å²) in [6.45, 7) is 5.97. The van der Waals surface area contributed by atoms with Crippen molar-refractivity contribution >= 4 is 0 Å². The molecule has 0 amide bonds. The third-order valence-electron chi connectivity index (χ3n) is 2.78. The molecule has 1 aromatic rings. The van der Waals surface area contributed by atoms with Gasteiger partial charge in [-0.1, -0.05) is 6.92 Å². The smallest absolute Gasteiger partial charge is 0.159 e. The van der Waals surface area contributed by atoms with E-state index in [1.54, 1.807) is 7.11 Å². The van der Waals surface area contributed by atoms with Crippen LogP contribution in [0.15, 0.2) is 12.4 Å². The molecule has 4 nitrogen and oxygen atoms in total. The third kappa shape index (κ3) is 3.25. The van der Waals surface area contributed by atoms with Crippen LogP contribution in [0.5, 0.6) is 0 Å². The van der Waals surface area contributed by atoms with Gasteiger partial charge in [0.2, 0.25) is 0 Å². The van der Waals surface area contributed by atoms with Gasteiger partial charge in [-0.3, -0.25) is 0 Å². The van der Waals surface area contributed by atoms with E-state index in [4.69, 9.17) is 10.5 Å². The Balaban J connectivity index is 2.75. The molecule has 90 valence electrons. The minimum Gasteiger partial charge on any atom is -0.371 e. The summed E-state index contributed by atoms with van der Waals surface area (Å²) < 4.78 is 5.32. The van der Waals surface area contributed by atoms with Gasteiger partial charge >= 0.3 is 0 Å². The van der Waals surface area contributed by atoms with E-state index in [-0.39, 0.29) is 6.04 Å². The van der Waals surface area contributed by atoms with Crippen molar-refractivity contribution in [3.05, 3.63) is 23.8 Å². The van der Waals surface area contributed by atoms with E-state index in [0.29, 0.717) is 5.82 Å².